The highest BCUT2D eigenvalue weighted by molar-refractivity contribution is 6.10. The smallest absolute Gasteiger partial charge is 0.335 e. The fourth-order valence-corrected chi connectivity index (χ4v) is 15.1. The summed E-state index contributed by atoms with van der Waals surface area (Å²) in [6, 6.07) is 62.2. The molecule has 498 valence electrons. The molecule has 12 nitrogen and oxygen atoms in total. The Balaban J connectivity index is 1.23. The number of fused-ring (bicyclic) bond motifs is 8. The van der Waals surface area contributed by atoms with E-state index in [1.54, 1.807) is 48.5 Å². The predicted molar refractivity (Wildman–Crippen MR) is 405 cm³/mol. The average Bonchev–Trinajstić information content (AvgIpc) is 1.57. The van der Waals surface area contributed by atoms with Crippen LogP contribution in [0.1, 0.15) is 168 Å². The van der Waals surface area contributed by atoms with Gasteiger partial charge in [0.2, 0.25) is 0 Å². The molecule has 5 heterocycles. The van der Waals surface area contributed by atoms with Crippen molar-refractivity contribution in [2.45, 2.75) is 107 Å². The van der Waals surface area contributed by atoms with Gasteiger partial charge in [0.15, 0.2) is 0 Å². The number of nitrogens with one attached hydrogen (secondary N) is 2. The number of hydrogen-bond acceptors (Lipinski definition) is 6. The first-order chi connectivity index (χ1) is 48.5. The molecule has 8 aromatic carbocycles. The first-order valence-electron chi connectivity index (χ1n) is 34.7. The Morgan fingerprint density at radius 3 is 0.530 bits per heavy atom. The number of hydrogen-bond donors (Lipinski definition) is 6. The van der Waals surface area contributed by atoms with Crippen molar-refractivity contribution < 1.29 is 39.6 Å². The number of carboxylic acid groups (broad SMARTS) is 4. The maximum atomic E-state index is 12.0. The average molecular weight is 1320 g/mol. The molecule has 0 saturated heterocycles. The van der Waals surface area contributed by atoms with E-state index in [-0.39, 0.29) is 22.3 Å². The number of carboxylic acids is 4. The molecule has 0 atom stereocenters. The van der Waals surface area contributed by atoms with Gasteiger partial charge in [-0.1, -0.05) is 201 Å². The molecule has 0 amide bonds. The lowest BCUT2D eigenvalue weighted by molar-refractivity contribution is 0.0686. The molecule has 0 spiro atoms. The molecule has 100 heavy (non-hydrogen) atoms. The topological polar surface area (TPSA) is 207 Å². The standard InChI is InChI=1S/C88H78N4O8/c1-9-65-66(10-2)78-74(58-35-19-50(20-36-58)54-27-43-62(44-28-54)86(95)96)80-69(13-5)70(14-6)82(91-80)76(60-39-23-52(24-40-60)56-31-47-64(48-32-56)88(99)100)84-72(16-8)71(15-7)83(92-84)75(59-37-21-51(22-38-59)55-29-45-63(46-30-55)87(97)98)81-68(12-4)67(11-3)79(90-81)73(77(65)89-78)57-33-17-49(18-34-57)53-25-41-61(42-26-53)85(93)94/h17-48,89,92H,9-16H2,1-8H3,(H,93,94)(H,95,96)(H,97,98)(H,99,100). The summed E-state index contributed by atoms with van der Waals surface area (Å²) in [5.74, 6) is -3.94. The van der Waals surface area contributed by atoms with Crippen molar-refractivity contribution in [3.63, 3.8) is 0 Å². The minimum absolute atomic E-state index is 0.213. The van der Waals surface area contributed by atoms with E-state index in [9.17, 15) is 39.6 Å². The number of aryl methyl sites for hydroxylation is 4. The van der Waals surface area contributed by atoms with Crippen LogP contribution in [0.5, 0.6) is 0 Å². The van der Waals surface area contributed by atoms with Gasteiger partial charge < -0.3 is 30.4 Å². The summed E-state index contributed by atoms with van der Waals surface area (Å²) in [6.07, 6.45) is 5.33. The van der Waals surface area contributed by atoms with Crippen molar-refractivity contribution in [2.24, 2.45) is 0 Å². The molecule has 0 radical (unpaired) electrons. The van der Waals surface area contributed by atoms with E-state index in [2.05, 4.69) is 162 Å². The van der Waals surface area contributed by atoms with E-state index in [1.807, 2.05) is 48.5 Å². The lowest BCUT2D eigenvalue weighted by Crippen LogP contribution is -1.95. The molecular formula is C88H78N4O8. The Kier molecular flexibility index (Phi) is 18.7. The normalized spacial score (nSPS) is 12.2. The highest BCUT2D eigenvalue weighted by Crippen LogP contribution is 2.51. The number of aromatic carboxylic acids is 4. The molecule has 11 aromatic rings. The van der Waals surface area contributed by atoms with Crippen LogP contribution < -0.4 is 0 Å². The van der Waals surface area contributed by atoms with Crippen LogP contribution in [-0.4, -0.2) is 64.2 Å². The Morgan fingerprint density at radius 1 is 0.240 bits per heavy atom. The van der Waals surface area contributed by atoms with Crippen LogP contribution in [0.2, 0.25) is 0 Å². The molecule has 0 fully saturated rings. The summed E-state index contributed by atoms with van der Waals surface area (Å²) in [4.78, 5) is 68.9. The first-order valence-corrected chi connectivity index (χ1v) is 34.7. The SMILES string of the molecule is CCC1=C(CC)c2nc1c(-c1ccc(-c3ccc(C(=O)O)cc3)cc1)c1[nH]c(c(CC)c1CC)c(-c1ccc(-c3ccc(C(=O)O)cc3)cc1)c1nc(c(-c3ccc(-c4ccc(C(=O)O)cc4)cc3)c3[nH]c(c(CC)c3CC)c2-c2ccc(-c3ccc(C(=O)O)cc3)cc2)C(CC)=C1CC. The van der Waals surface area contributed by atoms with Crippen LogP contribution in [0.4, 0.5) is 0 Å². The van der Waals surface area contributed by atoms with E-state index in [4.69, 9.17) is 9.97 Å². The molecule has 8 bridgehead atoms. The van der Waals surface area contributed by atoms with Gasteiger partial charge in [0.05, 0.1) is 67.1 Å². The first kappa shape index (κ1) is 66.8. The molecule has 12 heteroatoms. The Labute approximate surface area is 581 Å². The van der Waals surface area contributed by atoms with Crippen molar-refractivity contribution in [3.8, 4) is 89.0 Å². The summed E-state index contributed by atoms with van der Waals surface area (Å²) in [7, 11) is 0. The van der Waals surface area contributed by atoms with Crippen molar-refractivity contribution >= 4 is 68.2 Å². The highest BCUT2D eigenvalue weighted by Gasteiger charge is 2.32. The summed E-state index contributed by atoms with van der Waals surface area (Å²) < 4.78 is 0. The maximum Gasteiger partial charge on any atom is 0.335 e. The third-order valence-electron chi connectivity index (χ3n) is 20.1. The minimum Gasteiger partial charge on any atom is -0.478 e. The van der Waals surface area contributed by atoms with Gasteiger partial charge in [-0.3, -0.25) is 0 Å². The molecule has 13 rings (SSSR count). The van der Waals surface area contributed by atoms with Gasteiger partial charge in [-0.25, -0.2) is 29.1 Å². The number of aromatic amines is 2. The molecule has 2 aliphatic rings. The zero-order valence-corrected chi connectivity index (χ0v) is 57.4. The van der Waals surface area contributed by atoms with Crippen LogP contribution in [0, 0.1) is 0 Å². The van der Waals surface area contributed by atoms with Gasteiger partial charge in [-0.15, -0.1) is 0 Å². The molecule has 0 aliphatic carbocycles. The van der Waals surface area contributed by atoms with E-state index >= 15 is 0 Å². The number of carbonyl (C=O) groups is 4. The van der Waals surface area contributed by atoms with Crippen molar-refractivity contribution in [2.75, 3.05) is 0 Å². The number of allylic oxidation sites excluding steroid dienone is 4. The number of rotatable bonds is 20. The number of nitrogens with zero attached hydrogens (tertiary/aromatic N) is 2. The number of aromatic nitrogens is 4. The Bertz CT molecular complexity index is 4650. The monoisotopic (exact) mass is 1320 g/mol. The predicted octanol–water partition coefficient (Wildman–Crippen LogP) is 22.2. The van der Waals surface area contributed by atoms with Crippen LogP contribution in [-0.2, 0) is 25.7 Å². The zero-order valence-electron chi connectivity index (χ0n) is 57.4. The van der Waals surface area contributed by atoms with Gasteiger partial charge >= 0.3 is 23.9 Å². The second-order valence-electron chi connectivity index (χ2n) is 25.4. The lowest BCUT2D eigenvalue weighted by atomic mass is 9.89. The fourth-order valence-electron chi connectivity index (χ4n) is 15.1. The molecule has 2 aliphatic heterocycles. The summed E-state index contributed by atoms with van der Waals surface area (Å²) in [6.45, 7) is 17.8. The molecule has 6 N–H and O–H groups in total. The van der Waals surface area contributed by atoms with E-state index in [0.717, 1.165) is 178 Å². The third-order valence-corrected chi connectivity index (χ3v) is 20.1. The fraction of sp³-hybridized carbons (Fsp3) is 0.182. The van der Waals surface area contributed by atoms with E-state index in [0.29, 0.717) is 51.4 Å². The molecule has 3 aromatic heterocycles. The second-order valence-corrected chi connectivity index (χ2v) is 25.4. The molecule has 0 saturated carbocycles. The van der Waals surface area contributed by atoms with Crippen LogP contribution in [0.15, 0.2) is 194 Å². The van der Waals surface area contributed by atoms with E-state index < -0.39 is 23.9 Å². The van der Waals surface area contributed by atoms with Crippen molar-refractivity contribution in [1.82, 2.24) is 19.9 Å². The molecule has 0 unspecified atom stereocenters. The summed E-state index contributed by atoms with van der Waals surface area (Å²) in [5.41, 5.74) is 32.0. The quantitative estimate of drug-likeness (QED) is 0.0426. The largest absolute Gasteiger partial charge is 0.478 e. The summed E-state index contributed by atoms with van der Waals surface area (Å²) >= 11 is 0. The third kappa shape index (κ3) is 12.0. The van der Waals surface area contributed by atoms with Gasteiger partial charge in [-0.05, 0) is 211 Å². The highest BCUT2D eigenvalue weighted by atomic mass is 16.4. The number of benzene rings is 8. The van der Waals surface area contributed by atoms with Crippen molar-refractivity contribution in [3.05, 3.63) is 261 Å². The van der Waals surface area contributed by atoms with Gasteiger partial charge in [0.25, 0.3) is 0 Å². The van der Waals surface area contributed by atoms with Gasteiger partial charge in [0.1, 0.15) is 0 Å². The number of H-pyrrole nitrogens is 2. The maximum absolute atomic E-state index is 12.0. The zero-order chi connectivity index (χ0) is 70.2. The van der Waals surface area contributed by atoms with Crippen LogP contribution >= 0.6 is 0 Å². The lowest BCUT2D eigenvalue weighted by Gasteiger charge is -2.12. The van der Waals surface area contributed by atoms with Gasteiger partial charge in [-0.2, -0.15) is 0 Å². The van der Waals surface area contributed by atoms with E-state index in [1.165, 1.54) is 0 Å². The van der Waals surface area contributed by atoms with Crippen molar-refractivity contribution in [1.29, 1.82) is 0 Å². The second kappa shape index (κ2) is 28.0. The minimum atomic E-state index is -0.985. The Hall–Kier alpha value is -11.8. The summed E-state index contributed by atoms with van der Waals surface area (Å²) in [5, 5.41) is 39.4. The molecular weight excluding hydrogens is 1240 g/mol. The van der Waals surface area contributed by atoms with Crippen LogP contribution in [0.3, 0.4) is 0 Å². The Morgan fingerprint density at radius 2 is 0.390 bits per heavy atom. The van der Waals surface area contributed by atoms with Crippen LogP contribution in [0.25, 0.3) is 133 Å². The van der Waals surface area contributed by atoms with Gasteiger partial charge in [0, 0.05) is 22.3 Å².